The second-order valence-corrected chi connectivity index (χ2v) is 3.45. The summed E-state index contributed by atoms with van der Waals surface area (Å²) in [5, 5.41) is 0. The van der Waals surface area contributed by atoms with Gasteiger partial charge in [0.2, 0.25) is 0 Å². The molecule has 0 aromatic carbocycles. The van der Waals surface area contributed by atoms with E-state index < -0.39 is 7.82 Å². The number of hydrogen-bond donors (Lipinski definition) is 0. The summed E-state index contributed by atoms with van der Waals surface area (Å²) in [5.74, 6) is 0. The second-order valence-electron chi connectivity index (χ2n) is 2.02. The normalized spacial score (nSPS) is 11.9. The molecule has 0 heterocycles. The predicted molar refractivity (Wildman–Crippen MR) is 40.6 cm³/mol. The molecule has 0 aliphatic heterocycles. The summed E-state index contributed by atoms with van der Waals surface area (Å²) >= 11 is 0. The van der Waals surface area contributed by atoms with E-state index in [0.29, 0.717) is 6.61 Å². The van der Waals surface area contributed by atoms with E-state index in [1.807, 2.05) is 0 Å². The topological polar surface area (TPSA) is 63.2 Å². The Morgan fingerprint density at radius 3 is 2.14 bits per heavy atom. The van der Waals surface area contributed by atoms with Crippen LogP contribution in [0.5, 0.6) is 0 Å². The highest BCUT2D eigenvalue weighted by atomic mass is 31.2. The number of hydrogen-bond acceptors (Lipinski definition) is 6. The van der Waals surface area contributed by atoms with E-state index in [0.717, 1.165) is 0 Å². The first kappa shape index (κ1) is 13.9. The third-order valence-electron chi connectivity index (χ3n) is 1.08. The average molecular weight is 236 g/mol. The van der Waals surface area contributed by atoms with Gasteiger partial charge >= 0.3 is 7.82 Å². The van der Waals surface area contributed by atoms with E-state index >= 15 is 0 Å². The highest BCUT2D eigenvalue weighted by Gasteiger charge is 2.29. The van der Waals surface area contributed by atoms with E-state index in [1.165, 1.54) is 7.11 Å². The number of halogens is 2. The van der Waals surface area contributed by atoms with Crippen molar-refractivity contribution in [3.05, 3.63) is 0 Å². The lowest BCUT2D eigenvalue weighted by atomic mass is 10.7. The molecule has 0 aliphatic rings. The molecule has 0 aliphatic carbocycles. The maximum Gasteiger partial charge on any atom is 0.537 e. The Labute approximate surface area is 79.4 Å². The molecule has 0 radical (unpaired) electrons. The molecule has 0 aromatic heterocycles. The fraction of sp³-hybridized carbons (Fsp3) is 1.00. The van der Waals surface area contributed by atoms with Crippen molar-refractivity contribution in [3.63, 3.8) is 0 Å². The van der Waals surface area contributed by atoms with Crippen LogP contribution in [0.25, 0.3) is 0 Å². The first-order valence-electron chi connectivity index (χ1n) is 3.60. The van der Waals surface area contributed by atoms with E-state index in [1.54, 1.807) is 0 Å². The molecule has 0 saturated carbocycles. The SMILES string of the molecule is COCCOCCOP(=O)(OF)OF. The molecule has 0 spiro atoms. The van der Waals surface area contributed by atoms with Crippen LogP contribution in [0.15, 0.2) is 0 Å². The van der Waals surface area contributed by atoms with Crippen molar-refractivity contribution >= 4 is 7.82 Å². The van der Waals surface area contributed by atoms with Crippen molar-refractivity contribution in [2.45, 2.75) is 0 Å². The van der Waals surface area contributed by atoms with Crippen LogP contribution < -0.4 is 0 Å². The summed E-state index contributed by atoms with van der Waals surface area (Å²) in [4.78, 5) is 0. The Bertz CT molecular complexity index is 172. The molecular weight excluding hydrogens is 225 g/mol. The Hall–Kier alpha value is -0.110. The van der Waals surface area contributed by atoms with Gasteiger partial charge in [0.1, 0.15) is 0 Å². The molecule has 0 N–H and O–H groups in total. The smallest absolute Gasteiger partial charge is 0.382 e. The van der Waals surface area contributed by atoms with Gasteiger partial charge in [-0.1, -0.05) is 9.46 Å². The van der Waals surface area contributed by atoms with E-state index in [2.05, 4.69) is 18.7 Å². The highest BCUT2D eigenvalue weighted by molar-refractivity contribution is 7.48. The molecular formula is C5H11F2O6P. The van der Waals surface area contributed by atoms with Gasteiger partial charge in [-0.25, -0.2) is 4.57 Å². The Morgan fingerprint density at radius 2 is 1.64 bits per heavy atom. The molecule has 86 valence electrons. The lowest BCUT2D eigenvalue weighted by molar-refractivity contribution is -0.120. The van der Waals surface area contributed by atoms with Crippen LogP contribution >= 0.6 is 7.82 Å². The van der Waals surface area contributed by atoms with E-state index in [4.69, 9.17) is 4.74 Å². The van der Waals surface area contributed by atoms with Gasteiger partial charge in [-0.2, -0.15) is 0 Å². The van der Waals surface area contributed by atoms with Crippen LogP contribution in [0.2, 0.25) is 0 Å². The summed E-state index contributed by atoms with van der Waals surface area (Å²) in [6.07, 6.45) is 0. The maximum absolute atomic E-state index is 11.4. The van der Waals surface area contributed by atoms with Crippen molar-refractivity contribution in [1.82, 2.24) is 0 Å². The third-order valence-corrected chi connectivity index (χ3v) is 1.91. The molecule has 6 nitrogen and oxygen atoms in total. The van der Waals surface area contributed by atoms with Gasteiger partial charge in [0.15, 0.2) is 0 Å². The van der Waals surface area contributed by atoms with Gasteiger partial charge in [0.05, 0.1) is 26.4 Å². The predicted octanol–water partition coefficient (Wildman–Crippen LogP) is 1.58. The average Bonchev–Trinajstić information content (AvgIpc) is 2.23. The standard InChI is InChI=1S/C5H11F2O6P/c1-9-2-3-10-4-5-11-14(8,12-6)13-7/h2-5H2,1H3. The third kappa shape index (κ3) is 6.36. The highest BCUT2D eigenvalue weighted by Crippen LogP contribution is 2.49. The van der Waals surface area contributed by atoms with Crippen molar-refractivity contribution in [2.24, 2.45) is 0 Å². The summed E-state index contributed by atoms with van der Waals surface area (Å²) in [5.41, 5.74) is 0. The molecule has 0 saturated heterocycles. The molecule has 9 heteroatoms. The Morgan fingerprint density at radius 1 is 1.07 bits per heavy atom. The van der Waals surface area contributed by atoms with Crippen LogP contribution in [0, 0.1) is 0 Å². The van der Waals surface area contributed by atoms with Gasteiger partial charge in [0, 0.05) is 7.11 Å². The molecule has 0 atom stereocenters. The molecule has 0 aromatic rings. The van der Waals surface area contributed by atoms with Gasteiger partial charge in [-0.3, -0.25) is 4.52 Å². The number of ether oxygens (including phenoxy) is 2. The molecule has 14 heavy (non-hydrogen) atoms. The summed E-state index contributed by atoms with van der Waals surface area (Å²) in [6.45, 7) is 0.322. The van der Waals surface area contributed by atoms with Gasteiger partial charge < -0.3 is 9.47 Å². The minimum Gasteiger partial charge on any atom is -0.382 e. The van der Waals surface area contributed by atoms with Crippen molar-refractivity contribution in [1.29, 1.82) is 0 Å². The summed E-state index contributed by atoms with van der Waals surface area (Å²) < 4.78 is 52.2. The van der Waals surface area contributed by atoms with Crippen LogP contribution in [-0.4, -0.2) is 33.5 Å². The van der Waals surface area contributed by atoms with Gasteiger partial charge in [-0.15, -0.1) is 0 Å². The second kappa shape index (κ2) is 8.22. The van der Waals surface area contributed by atoms with Crippen LogP contribution in [0.1, 0.15) is 0 Å². The van der Waals surface area contributed by atoms with Crippen molar-refractivity contribution < 1.29 is 37.1 Å². The van der Waals surface area contributed by atoms with E-state index in [-0.39, 0.29) is 19.8 Å². The Kier molecular flexibility index (Phi) is 8.15. The monoisotopic (exact) mass is 236 g/mol. The quantitative estimate of drug-likeness (QED) is 0.447. The van der Waals surface area contributed by atoms with Crippen molar-refractivity contribution in [2.75, 3.05) is 33.5 Å². The minimum atomic E-state index is -4.68. The molecule has 0 bridgehead atoms. The molecule has 0 fully saturated rings. The van der Waals surface area contributed by atoms with Crippen LogP contribution in [-0.2, 0) is 28.0 Å². The zero-order valence-corrected chi connectivity index (χ0v) is 8.38. The van der Waals surface area contributed by atoms with Crippen LogP contribution in [0.3, 0.4) is 0 Å². The minimum absolute atomic E-state index is 0.0138. The summed E-state index contributed by atoms with van der Waals surface area (Å²) in [6, 6.07) is 0. The first-order chi connectivity index (χ1) is 6.68. The lowest BCUT2D eigenvalue weighted by Gasteiger charge is -2.07. The fourth-order valence-electron chi connectivity index (χ4n) is 0.503. The van der Waals surface area contributed by atoms with Crippen molar-refractivity contribution in [3.8, 4) is 0 Å². The lowest BCUT2D eigenvalue weighted by Crippen LogP contribution is -2.07. The Balaban J connectivity index is 3.39. The van der Waals surface area contributed by atoms with Gasteiger partial charge in [0.25, 0.3) is 0 Å². The zero-order chi connectivity index (χ0) is 10.9. The number of rotatable bonds is 9. The molecule has 0 amide bonds. The summed E-state index contributed by atoms with van der Waals surface area (Å²) in [7, 11) is -3.19. The number of methoxy groups -OCH3 is 1. The largest absolute Gasteiger partial charge is 0.537 e. The fourth-order valence-corrected chi connectivity index (χ4v) is 0.902. The first-order valence-corrected chi connectivity index (χ1v) is 5.06. The van der Waals surface area contributed by atoms with Gasteiger partial charge in [-0.05, 0) is 9.05 Å². The van der Waals surface area contributed by atoms with Crippen LogP contribution in [0.4, 0.5) is 9.05 Å². The van der Waals surface area contributed by atoms with E-state index in [9.17, 15) is 13.6 Å². The maximum atomic E-state index is 11.4. The zero-order valence-electron chi connectivity index (χ0n) is 7.48. The number of phosphoric acid groups is 1. The molecule has 0 unspecified atom stereocenters. The molecule has 0 rings (SSSR count).